The Labute approximate surface area is 193 Å². The number of amides is 2. The lowest BCUT2D eigenvalue weighted by Gasteiger charge is -2.45. The van der Waals surface area contributed by atoms with E-state index in [9.17, 15) is 14.0 Å². The van der Waals surface area contributed by atoms with E-state index in [4.69, 9.17) is 0 Å². The Bertz CT molecular complexity index is 1220. The van der Waals surface area contributed by atoms with E-state index in [0.29, 0.717) is 30.7 Å². The molecule has 2 amide bonds. The summed E-state index contributed by atoms with van der Waals surface area (Å²) in [5, 5.41) is 0.815. The zero-order valence-corrected chi connectivity index (χ0v) is 19.2. The molecule has 1 aromatic heterocycles. The Balaban J connectivity index is 1.47. The van der Waals surface area contributed by atoms with Crippen molar-refractivity contribution in [2.75, 3.05) is 6.54 Å². The van der Waals surface area contributed by atoms with Gasteiger partial charge in [0.1, 0.15) is 11.5 Å². The van der Waals surface area contributed by atoms with Crippen LogP contribution in [0, 0.1) is 12.7 Å². The van der Waals surface area contributed by atoms with Crippen LogP contribution in [0.25, 0.3) is 10.9 Å². The SMILES string of the molecule is Cc1ccccc1CN1C(=O)CCCC[C@H]2N(C(=O)c3cc4ccc(F)cc4[nH]3)CC[C@]21C. The molecule has 1 N–H and O–H groups in total. The molecular weight excluding hydrogens is 417 g/mol. The number of aryl methyl sites for hydroxylation is 1. The maximum Gasteiger partial charge on any atom is 0.270 e. The second kappa shape index (κ2) is 8.32. The molecule has 3 aromatic rings. The first-order valence-electron chi connectivity index (χ1n) is 11.8. The van der Waals surface area contributed by atoms with E-state index in [1.54, 1.807) is 12.1 Å². The molecule has 0 aliphatic carbocycles. The van der Waals surface area contributed by atoms with Crippen LogP contribution in [0.3, 0.4) is 0 Å². The molecule has 0 bridgehead atoms. The van der Waals surface area contributed by atoms with Gasteiger partial charge in [-0.1, -0.05) is 30.7 Å². The maximum absolute atomic E-state index is 13.6. The third-order valence-electron chi connectivity index (χ3n) is 7.65. The number of aromatic amines is 1. The third-order valence-corrected chi connectivity index (χ3v) is 7.65. The van der Waals surface area contributed by atoms with Crippen LogP contribution < -0.4 is 0 Å². The summed E-state index contributed by atoms with van der Waals surface area (Å²) < 4.78 is 13.6. The summed E-state index contributed by atoms with van der Waals surface area (Å²) in [5.41, 5.74) is 2.98. The van der Waals surface area contributed by atoms with Crippen molar-refractivity contribution < 1.29 is 14.0 Å². The lowest BCUT2D eigenvalue weighted by molar-refractivity contribution is -0.140. The minimum atomic E-state index is -0.423. The molecule has 2 aliphatic heterocycles. The molecule has 3 heterocycles. The van der Waals surface area contributed by atoms with Gasteiger partial charge in [-0.25, -0.2) is 4.39 Å². The third kappa shape index (κ3) is 3.81. The second-order valence-corrected chi connectivity index (χ2v) is 9.69. The van der Waals surface area contributed by atoms with Gasteiger partial charge in [0.25, 0.3) is 5.91 Å². The molecule has 33 heavy (non-hydrogen) atoms. The number of nitrogens with zero attached hydrogens (tertiary/aromatic N) is 2. The average Bonchev–Trinajstić information content (AvgIpc) is 3.35. The van der Waals surface area contributed by atoms with Gasteiger partial charge in [0.05, 0.1) is 11.6 Å². The number of hydrogen-bond donors (Lipinski definition) is 1. The van der Waals surface area contributed by atoms with Crippen LogP contribution in [0.15, 0.2) is 48.5 Å². The van der Waals surface area contributed by atoms with Gasteiger partial charge in [-0.05, 0) is 68.5 Å². The summed E-state index contributed by atoms with van der Waals surface area (Å²) in [7, 11) is 0. The number of likely N-dealkylation sites (tertiary alicyclic amines) is 2. The largest absolute Gasteiger partial charge is 0.350 e. The van der Waals surface area contributed by atoms with E-state index in [1.165, 1.54) is 17.7 Å². The predicted molar refractivity (Wildman–Crippen MR) is 126 cm³/mol. The number of benzene rings is 2. The Morgan fingerprint density at radius 1 is 1.18 bits per heavy atom. The van der Waals surface area contributed by atoms with Crippen molar-refractivity contribution in [2.45, 2.75) is 64.1 Å². The molecule has 2 atom stereocenters. The van der Waals surface area contributed by atoms with Crippen molar-refractivity contribution in [3.8, 4) is 0 Å². The molecular formula is C27H30FN3O2. The Kier molecular flexibility index (Phi) is 5.47. The fraction of sp³-hybridized carbons (Fsp3) is 0.407. The Morgan fingerprint density at radius 3 is 2.82 bits per heavy atom. The van der Waals surface area contributed by atoms with Gasteiger partial charge < -0.3 is 14.8 Å². The molecule has 2 saturated heterocycles. The molecule has 2 aliphatic rings. The molecule has 2 aromatic carbocycles. The Hall–Kier alpha value is -3.15. The molecule has 0 unspecified atom stereocenters. The Morgan fingerprint density at radius 2 is 2.00 bits per heavy atom. The fourth-order valence-electron chi connectivity index (χ4n) is 5.66. The lowest BCUT2D eigenvalue weighted by atomic mass is 9.84. The van der Waals surface area contributed by atoms with Crippen LogP contribution in [0.2, 0.25) is 0 Å². The minimum absolute atomic E-state index is 0.0542. The lowest BCUT2D eigenvalue weighted by Crippen LogP contribution is -2.58. The second-order valence-electron chi connectivity index (χ2n) is 9.69. The number of halogens is 1. The molecule has 172 valence electrons. The predicted octanol–water partition coefficient (Wildman–Crippen LogP) is 5.19. The number of aromatic nitrogens is 1. The number of hydrogen-bond acceptors (Lipinski definition) is 2. The van der Waals surface area contributed by atoms with Crippen molar-refractivity contribution in [3.63, 3.8) is 0 Å². The first kappa shape index (κ1) is 21.7. The van der Waals surface area contributed by atoms with E-state index in [2.05, 4.69) is 31.0 Å². The molecule has 5 rings (SSSR count). The van der Waals surface area contributed by atoms with Gasteiger partial charge in [0.2, 0.25) is 5.91 Å². The summed E-state index contributed by atoms with van der Waals surface area (Å²) in [4.78, 5) is 34.0. The fourth-order valence-corrected chi connectivity index (χ4v) is 5.66. The van der Waals surface area contributed by atoms with Crippen LogP contribution in [0.5, 0.6) is 0 Å². The van der Waals surface area contributed by atoms with Gasteiger partial charge >= 0.3 is 0 Å². The van der Waals surface area contributed by atoms with Crippen molar-refractivity contribution in [2.24, 2.45) is 0 Å². The highest BCUT2D eigenvalue weighted by Gasteiger charge is 2.51. The van der Waals surface area contributed by atoms with Crippen molar-refractivity contribution in [3.05, 3.63) is 71.2 Å². The zero-order chi connectivity index (χ0) is 23.2. The summed E-state index contributed by atoms with van der Waals surface area (Å²) >= 11 is 0. The highest BCUT2D eigenvalue weighted by molar-refractivity contribution is 5.98. The number of H-pyrrole nitrogens is 1. The topological polar surface area (TPSA) is 56.4 Å². The number of carbonyl (C=O) groups is 2. The van der Waals surface area contributed by atoms with Crippen LogP contribution in [-0.2, 0) is 11.3 Å². The van der Waals surface area contributed by atoms with E-state index >= 15 is 0 Å². The van der Waals surface area contributed by atoms with Crippen molar-refractivity contribution in [1.82, 2.24) is 14.8 Å². The molecule has 0 spiro atoms. The zero-order valence-electron chi connectivity index (χ0n) is 19.2. The number of carbonyl (C=O) groups excluding carboxylic acids is 2. The molecule has 6 heteroatoms. The van der Waals surface area contributed by atoms with Crippen LogP contribution in [0.4, 0.5) is 4.39 Å². The molecule has 0 saturated carbocycles. The first-order valence-corrected chi connectivity index (χ1v) is 11.8. The smallest absolute Gasteiger partial charge is 0.270 e. The van der Waals surface area contributed by atoms with E-state index in [0.717, 1.165) is 36.6 Å². The van der Waals surface area contributed by atoms with Crippen LogP contribution in [0.1, 0.15) is 60.6 Å². The van der Waals surface area contributed by atoms with Gasteiger partial charge in [0, 0.05) is 30.4 Å². The van der Waals surface area contributed by atoms with Gasteiger partial charge in [-0.2, -0.15) is 0 Å². The van der Waals surface area contributed by atoms with E-state index in [1.807, 2.05) is 21.9 Å². The number of fused-ring (bicyclic) bond motifs is 2. The van der Waals surface area contributed by atoms with Crippen LogP contribution >= 0.6 is 0 Å². The number of rotatable bonds is 3. The van der Waals surface area contributed by atoms with E-state index < -0.39 is 5.54 Å². The number of nitrogens with one attached hydrogen (secondary N) is 1. The highest BCUT2D eigenvalue weighted by Crippen LogP contribution is 2.40. The van der Waals surface area contributed by atoms with Gasteiger partial charge in [-0.3, -0.25) is 9.59 Å². The summed E-state index contributed by atoms with van der Waals surface area (Å²) in [6, 6.07) is 14.4. The van der Waals surface area contributed by atoms with Crippen molar-refractivity contribution >= 4 is 22.7 Å². The molecule has 2 fully saturated rings. The van der Waals surface area contributed by atoms with Crippen LogP contribution in [-0.4, -0.2) is 44.7 Å². The standard InChI is InChI=1S/C27H30FN3O2/c1-18-7-3-4-8-20(18)17-31-25(32)10-6-5-9-24-27(31,2)13-14-30(24)26(33)23-15-19-11-12-21(28)16-22(19)29-23/h3-4,7-8,11-12,15-16,24,29H,5-6,9-10,13-14,17H2,1-2H3/t24-,27-/m1/s1. The van der Waals surface area contributed by atoms with E-state index in [-0.39, 0.29) is 23.7 Å². The van der Waals surface area contributed by atoms with Gasteiger partial charge in [-0.15, -0.1) is 0 Å². The summed E-state index contributed by atoms with van der Waals surface area (Å²) in [5.74, 6) is -0.243. The minimum Gasteiger partial charge on any atom is -0.350 e. The summed E-state index contributed by atoms with van der Waals surface area (Å²) in [6.07, 6.45) is 3.93. The highest BCUT2D eigenvalue weighted by atomic mass is 19.1. The summed E-state index contributed by atoms with van der Waals surface area (Å²) in [6.45, 7) is 5.38. The average molecular weight is 448 g/mol. The van der Waals surface area contributed by atoms with Crippen molar-refractivity contribution in [1.29, 1.82) is 0 Å². The molecule has 5 nitrogen and oxygen atoms in total. The van der Waals surface area contributed by atoms with Gasteiger partial charge in [0.15, 0.2) is 0 Å². The normalized spacial score (nSPS) is 23.5. The monoisotopic (exact) mass is 447 g/mol. The molecule has 0 radical (unpaired) electrons. The maximum atomic E-state index is 13.6. The quantitative estimate of drug-likeness (QED) is 0.601. The first-order chi connectivity index (χ1) is 15.9.